The fourth-order valence-electron chi connectivity index (χ4n) is 1.79. The highest BCUT2D eigenvalue weighted by atomic mass is 19.2. The first-order valence-corrected chi connectivity index (χ1v) is 6.59. The lowest BCUT2D eigenvalue weighted by molar-refractivity contribution is 0.397. The highest BCUT2D eigenvalue weighted by molar-refractivity contribution is 5.20. The Morgan fingerprint density at radius 3 is 2.75 bits per heavy atom. The number of rotatable bonds is 6. The van der Waals surface area contributed by atoms with Gasteiger partial charge in [-0.1, -0.05) is 13.0 Å². The zero-order valence-corrected chi connectivity index (χ0v) is 11.5. The summed E-state index contributed by atoms with van der Waals surface area (Å²) in [5.74, 6) is -0.857. The van der Waals surface area contributed by atoms with Gasteiger partial charge in [-0.15, -0.1) is 10.2 Å². The maximum Gasteiger partial charge on any atom is 0.233 e. The van der Waals surface area contributed by atoms with E-state index in [0.29, 0.717) is 17.3 Å². The van der Waals surface area contributed by atoms with Crippen molar-refractivity contribution in [3.05, 3.63) is 47.2 Å². The first-order valence-electron chi connectivity index (χ1n) is 6.59. The lowest BCUT2D eigenvalue weighted by Gasteiger charge is -2.07. The predicted octanol–water partition coefficient (Wildman–Crippen LogP) is 3.00. The van der Waals surface area contributed by atoms with Gasteiger partial charge in [0.05, 0.1) is 12.5 Å². The van der Waals surface area contributed by atoms with Gasteiger partial charge in [0, 0.05) is 0 Å². The van der Waals surface area contributed by atoms with Crippen LogP contribution in [0, 0.1) is 11.6 Å². The number of hydrogen-bond acceptors (Lipinski definition) is 4. The number of nitrogens with zero attached hydrogens (tertiary/aromatic N) is 2. The third-order valence-corrected chi connectivity index (χ3v) is 2.89. The van der Waals surface area contributed by atoms with Gasteiger partial charge in [0.25, 0.3) is 0 Å². The Kier molecular flexibility index (Phi) is 4.79. The summed E-state index contributed by atoms with van der Waals surface area (Å²) in [6.45, 7) is 4.87. The van der Waals surface area contributed by atoms with Crippen molar-refractivity contribution in [1.29, 1.82) is 0 Å². The normalized spacial score (nSPS) is 12.6. The maximum atomic E-state index is 13.1. The molecule has 0 amide bonds. The fourth-order valence-corrected chi connectivity index (χ4v) is 1.79. The molecule has 0 aliphatic rings. The van der Waals surface area contributed by atoms with Gasteiger partial charge in [0.1, 0.15) is 0 Å². The molecule has 6 heteroatoms. The SMILES string of the molecule is CCCNC(C)c1nnc(Cc2ccc(F)c(F)c2)o1. The van der Waals surface area contributed by atoms with E-state index in [2.05, 4.69) is 22.4 Å². The largest absolute Gasteiger partial charge is 0.423 e. The minimum absolute atomic E-state index is 0.0267. The van der Waals surface area contributed by atoms with Crippen molar-refractivity contribution in [2.75, 3.05) is 6.54 Å². The van der Waals surface area contributed by atoms with Gasteiger partial charge in [0.2, 0.25) is 11.8 Å². The average molecular weight is 281 g/mol. The molecular formula is C14H17F2N3O. The zero-order chi connectivity index (χ0) is 14.5. The van der Waals surface area contributed by atoms with Gasteiger partial charge >= 0.3 is 0 Å². The second-order valence-corrected chi connectivity index (χ2v) is 4.64. The summed E-state index contributed by atoms with van der Waals surface area (Å²) in [5.41, 5.74) is 0.591. The van der Waals surface area contributed by atoms with Gasteiger partial charge < -0.3 is 9.73 Å². The Balaban J connectivity index is 2.03. The molecule has 0 bridgehead atoms. The first kappa shape index (κ1) is 14.6. The summed E-state index contributed by atoms with van der Waals surface area (Å²) >= 11 is 0. The number of hydrogen-bond donors (Lipinski definition) is 1. The third kappa shape index (κ3) is 3.60. The summed E-state index contributed by atoms with van der Waals surface area (Å²) < 4.78 is 31.4. The highest BCUT2D eigenvalue weighted by Gasteiger charge is 2.14. The van der Waals surface area contributed by atoms with E-state index in [9.17, 15) is 8.78 Å². The average Bonchev–Trinajstić information content (AvgIpc) is 2.89. The summed E-state index contributed by atoms with van der Waals surface area (Å²) in [7, 11) is 0. The summed E-state index contributed by atoms with van der Waals surface area (Å²) in [6, 6.07) is 3.70. The molecule has 0 saturated heterocycles. The predicted molar refractivity (Wildman–Crippen MR) is 70.2 cm³/mol. The Hall–Kier alpha value is -1.82. The molecule has 1 aromatic heterocycles. The van der Waals surface area contributed by atoms with E-state index in [1.807, 2.05) is 6.92 Å². The lowest BCUT2D eigenvalue weighted by Crippen LogP contribution is -2.19. The van der Waals surface area contributed by atoms with E-state index in [1.165, 1.54) is 6.07 Å². The van der Waals surface area contributed by atoms with Gasteiger partial charge in [-0.05, 0) is 37.6 Å². The van der Waals surface area contributed by atoms with Crippen LogP contribution in [0.3, 0.4) is 0 Å². The van der Waals surface area contributed by atoms with Crippen LogP contribution in [0.2, 0.25) is 0 Å². The summed E-state index contributed by atoms with van der Waals surface area (Å²) in [4.78, 5) is 0. The Labute approximate surface area is 116 Å². The maximum absolute atomic E-state index is 13.1. The van der Waals surface area contributed by atoms with Crippen molar-refractivity contribution >= 4 is 0 Å². The second-order valence-electron chi connectivity index (χ2n) is 4.64. The van der Waals surface area contributed by atoms with E-state index in [1.54, 1.807) is 0 Å². The van der Waals surface area contributed by atoms with Crippen LogP contribution in [0.5, 0.6) is 0 Å². The summed E-state index contributed by atoms with van der Waals surface area (Å²) in [5, 5.41) is 11.1. The van der Waals surface area contributed by atoms with Gasteiger partial charge in [-0.25, -0.2) is 8.78 Å². The molecule has 0 fully saturated rings. The van der Waals surface area contributed by atoms with Crippen molar-refractivity contribution in [2.24, 2.45) is 0 Å². The van der Waals surface area contributed by atoms with Gasteiger partial charge in [-0.3, -0.25) is 0 Å². The molecule has 0 spiro atoms. The molecule has 2 aromatic rings. The molecule has 0 radical (unpaired) electrons. The van der Waals surface area contributed by atoms with Gasteiger partial charge in [-0.2, -0.15) is 0 Å². The molecular weight excluding hydrogens is 264 g/mol. The van der Waals surface area contributed by atoms with Crippen LogP contribution in [-0.2, 0) is 6.42 Å². The molecule has 4 nitrogen and oxygen atoms in total. The topological polar surface area (TPSA) is 51.0 Å². The van der Waals surface area contributed by atoms with Crippen LogP contribution in [-0.4, -0.2) is 16.7 Å². The standard InChI is InChI=1S/C14H17F2N3O/c1-3-6-17-9(2)14-19-18-13(20-14)8-10-4-5-11(15)12(16)7-10/h4-5,7,9,17H,3,6,8H2,1-2H3. The molecule has 0 aliphatic carbocycles. The molecule has 2 rings (SSSR count). The molecule has 1 atom stereocenters. The third-order valence-electron chi connectivity index (χ3n) is 2.89. The van der Waals surface area contributed by atoms with Crippen LogP contribution in [0.1, 0.15) is 43.7 Å². The van der Waals surface area contributed by atoms with Crippen molar-refractivity contribution in [2.45, 2.75) is 32.7 Å². The van der Waals surface area contributed by atoms with Crippen molar-refractivity contribution in [3.63, 3.8) is 0 Å². The van der Waals surface area contributed by atoms with Crippen molar-refractivity contribution in [3.8, 4) is 0 Å². The zero-order valence-electron chi connectivity index (χ0n) is 11.5. The Morgan fingerprint density at radius 2 is 2.05 bits per heavy atom. The van der Waals surface area contributed by atoms with E-state index in [0.717, 1.165) is 25.1 Å². The number of halogens is 2. The summed E-state index contributed by atoms with van der Waals surface area (Å²) in [6.07, 6.45) is 1.30. The van der Waals surface area contributed by atoms with Crippen LogP contribution >= 0.6 is 0 Å². The minimum atomic E-state index is -0.875. The monoisotopic (exact) mass is 281 g/mol. The highest BCUT2D eigenvalue weighted by Crippen LogP contribution is 2.15. The first-order chi connectivity index (χ1) is 9.60. The molecule has 1 aromatic carbocycles. The molecule has 1 unspecified atom stereocenters. The number of nitrogens with one attached hydrogen (secondary N) is 1. The van der Waals surface area contributed by atoms with Crippen molar-refractivity contribution < 1.29 is 13.2 Å². The van der Waals surface area contributed by atoms with E-state index in [4.69, 9.17) is 4.42 Å². The lowest BCUT2D eigenvalue weighted by atomic mass is 10.1. The van der Waals surface area contributed by atoms with Crippen LogP contribution < -0.4 is 5.32 Å². The van der Waals surface area contributed by atoms with Crippen LogP contribution in [0.25, 0.3) is 0 Å². The van der Waals surface area contributed by atoms with E-state index < -0.39 is 11.6 Å². The second kappa shape index (κ2) is 6.56. The molecule has 20 heavy (non-hydrogen) atoms. The number of benzene rings is 1. The molecule has 1 heterocycles. The van der Waals surface area contributed by atoms with Crippen LogP contribution in [0.4, 0.5) is 8.78 Å². The van der Waals surface area contributed by atoms with Crippen LogP contribution in [0.15, 0.2) is 22.6 Å². The smallest absolute Gasteiger partial charge is 0.233 e. The molecule has 108 valence electrons. The molecule has 0 aliphatic heterocycles. The minimum Gasteiger partial charge on any atom is -0.423 e. The Bertz CT molecular complexity index is 571. The number of aromatic nitrogens is 2. The van der Waals surface area contributed by atoms with Gasteiger partial charge in [0.15, 0.2) is 11.6 Å². The molecule has 0 saturated carbocycles. The van der Waals surface area contributed by atoms with Crippen molar-refractivity contribution in [1.82, 2.24) is 15.5 Å². The van der Waals surface area contributed by atoms with E-state index in [-0.39, 0.29) is 12.5 Å². The molecule has 1 N–H and O–H groups in total. The van der Waals surface area contributed by atoms with E-state index >= 15 is 0 Å². The quantitative estimate of drug-likeness (QED) is 0.884. The Morgan fingerprint density at radius 1 is 1.25 bits per heavy atom. The fraction of sp³-hybridized carbons (Fsp3) is 0.429.